The quantitative estimate of drug-likeness (QED) is 0.446. The molecule has 0 bridgehead atoms. The monoisotopic (exact) mass is 285 g/mol. The van der Waals surface area contributed by atoms with Crippen molar-refractivity contribution in [3.63, 3.8) is 0 Å². The summed E-state index contributed by atoms with van der Waals surface area (Å²) in [5.41, 5.74) is 0. The van der Waals surface area contributed by atoms with Gasteiger partial charge in [0.05, 0.1) is 6.42 Å². The number of carbonyl (C=O) groups is 1. The third-order valence-electron chi connectivity index (χ3n) is 1.83. The largest absolute Gasteiger partial charge is 0.388 e. The SMILES string of the molecule is C#CCCCCNC(=O)C[C@@H](O)C(Cl)(Cl)Cl. The van der Waals surface area contributed by atoms with Crippen LogP contribution in [0.25, 0.3) is 0 Å². The van der Waals surface area contributed by atoms with Crippen molar-refractivity contribution < 1.29 is 9.90 Å². The van der Waals surface area contributed by atoms with Crippen LogP contribution in [-0.4, -0.2) is 27.5 Å². The van der Waals surface area contributed by atoms with E-state index in [-0.39, 0.29) is 12.3 Å². The van der Waals surface area contributed by atoms with Crippen LogP contribution in [0.2, 0.25) is 0 Å². The van der Waals surface area contributed by atoms with Crippen LogP contribution < -0.4 is 5.32 Å². The fourth-order valence-electron chi connectivity index (χ4n) is 0.943. The van der Waals surface area contributed by atoms with Crippen LogP contribution in [0.4, 0.5) is 0 Å². The van der Waals surface area contributed by atoms with E-state index in [0.29, 0.717) is 13.0 Å². The molecule has 92 valence electrons. The van der Waals surface area contributed by atoms with Gasteiger partial charge in [0.25, 0.3) is 0 Å². The Kier molecular flexibility index (Phi) is 7.96. The van der Waals surface area contributed by atoms with E-state index in [1.54, 1.807) is 0 Å². The average molecular weight is 287 g/mol. The van der Waals surface area contributed by atoms with Gasteiger partial charge >= 0.3 is 0 Å². The second-order valence-corrected chi connectivity index (χ2v) is 5.64. The van der Waals surface area contributed by atoms with Crippen LogP contribution >= 0.6 is 34.8 Å². The topological polar surface area (TPSA) is 49.3 Å². The van der Waals surface area contributed by atoms with E-state index in [9.17, 15) is 9.90 Å². The van der Waals surface area contributed by atoms with Crippen molar-refractivity contribution in [1.82, 2.24) is 5.32 Å². The summed E-state index contributed by atoms with van der Waals surface area (Å²) in [7, 11) is 0. The minimum atomic E-state index is -1.83. The molecule has 2 N–H and O–H groups in total. The number of carbonyl (C=O) groups excluding carboxylic acids is 1. The molecule has 0 heterocycles. The molecule has 0 saturated carbocycles. The van der Waals surface area contributed by atoms with E-state index in [2.05, 4.69) is 11.2 Å². The Morgan fingerprint density at radius 1 is 1.44 bits per heavy atom. The van der Waals surface area contributed by atoms with Gasteiger partial charge in [0.15, 0.2) is 0 Å². The van der Waals surface area contributed by atoms with Crippen molar-refractivity contribution in [1.29, 1.82) is 0 Å². The first kappa shape index (κ1) is 15.9. The molecular weight excluding hydrogens is 272 g/mol. The zero-order valence-electron chi connectivity index (χ0n) is 8.68. The van der Waals surface area contributed by atoms with Gasteiger partial charge in [-0.05, 0) is 12.8 Å². The summed E-state index contributed by atoms with van der Waals surface area (Å²) in [6.07, 6.45) is 5.87. The highest BCUT2D eigenvalue weighted by Gasteiger charge is 2.32. The second kappa shape index (κ2) is 8.03. The number of aliphatic hydroxyl groups is 1. The lowest BCUT2D eigenvalue weighted by Gasteiger charge is -2.18. The van der Waals surface area contributed by atoms with Crippen molar-refractivity contribution in [2.24, 2.45) is 0 Å². The number of hydrogen-bond donors (Lipinski definition) is 2. The lowest BCUT2D eigenvalue weighted by molar-refractivity contribution is -0.122. The molecule has 0 aliphatic carbocycles. The number of rotatable bonds is 6. The fourth-order valence-corrected chi connectivity index (χ4v) is 1.17. The predicted octanol–water partition coefficient (Wildman–Crippen LogP) is 2.03. The van der Waals surface area contributed by atoms with Crippen molar-refractivity contribution in [3.8, 4) is 12.3 Å². The Balaban J connectivity index is 3.64. The number of terminal acetylenes is 1. The minimum absolute atomic E-state index is 0.231. The molecule has 16 heavy (non-hydrogen) atoms. The van der Waals surface area contributed by atoms with E-state index >= 15 is 0 Å². The zero-order chi connectivity index (χ0) is 12.6. The van der Waals surface area contributed by atoms with E-state index in [1.807, 2.05) is 0 Å². The summed E-state index contributed by atoms with van der Waals surface area (Å²) in [6.45, 7) is 0.507. The number of alkyl halides is 3. The third-order valence-corrected chi connectivity index (χ3v) is 2.58. The molecule has 0 aromatic rings. The Labute approximate surface area is 110 Å². The number of unbranched alkanes of at least 4 members (excludes halogenated alkanes) is 2. The van der Waals surface area contributed by atoms with Crippen molar-refractivity contribution in [2.75, 3.05) is 6.54 Å². The first-order valence-corrected chi connectivity index (χ1v) is 5.96. The van der Waals surface area contributed by atoms with Gasteiger partial charge in [-0.25, -0.2) is 0 Å². The van der Waals surface area contributed by atoms with Crippen LogP contribution in [-0.2, 0) is 4.79 Å². The smallest absolute Gasteiger partial charge is 0.222 e. The molecule has 0 aliphatic rings. The normalized spacial score (nSPS) is 12.9. The average Bonchev–Trinajstić information content (AvgIpc) is 2.16. The maximum absolute atomic E-state index is 11.2. The Bertz CT molecular complexity index is 258. The highest BCUT2D eigenvalue weighted by atomic mass is 35.6. The fraction of sp³-hybridized carbons (Fsp3) is 0.700. The molecule has 1 atom stereocenters. The van der Waals surface area contributed by atoms with Gasteiger partial charge in [-0.1, -0.05) is 34.8 Å². The highest BCUT2D eigenvalue weighted by molar-refractivity contribution is 6.68. The Morgan fingerprint density at radius 2 is 2.06 bits per heavy atom. The van der Waals surface area contributed by atoms with E-state index in [1.165, 1.54) is 0 Å². The number of hydrogen-bond acceptors (Lipinski definition) is 2. The summed E-state index contributed by atoms with van der Waals surface area (Å²) < 4.78 is -1.83. The maximum Gasteiger partial charge on any atom is 0.222 e. The summed E-state index contributed by atoms with van der Waals surface area (Å²) in [5.74, 6) is 2.16. The van der Waals surface area contributed by atoms with Crippen LogP contribution in [0.15, 0.2) is 0 Å². The van der Waals surface area contributed by atoms with E-state index < -0.39 is 9.90 Å². The van der Waals surface area contributed by atoms with E-state index in [4.69, 9.17) is 41.2 Å². The van der Waals surface area contributed by atoms with Gasteiger partial charge < -0.3 is 10.4 Å². The molecular formula is C10H14Cl3NO2. The predicted molar refractivity (Wildman–Crippen MR) is 66.6 cm³/mol. The van der Waals surface area contributed by atoms with Crippen molar-refractivity contribution >= 4 is 40.7 Å². The highest BCUT2D eigenvalue weighted by Crippen LogP contribution is 2.31. The summed E-state index contributed by atoms with van der Waals surface area (Å²) >= 11 is 16.2. The summed E-state index contributed by atoms with van der Waals surface area (Å²) in [4.78, 5) is 11.2. The van der Waals surface area contributed by atoms with Crippen LogP contribution in [0.1, 0.15) is 25.7 Å². The molecule has 0 radical (unpaired) electrons. The molecule has 0 aromatic heterocycles. The standard InChI is InChI=1S/C10H14Cl3NO2/c1-2-3-4-5-6-14-9(16)7-8(15)10(11,12)13/h1,8,15H,3-7H2,(H,14,16)/t8-/m1/s1. The zero-order valence-corrected chi connectivity index (χ0v) is 10.9. The Hall–Kier alpha value is -0.140. The van der Waals surface area contributed by atoms with E-state index in [0.717, 1.165) is 12.8 Å². The molecule has 0 aliphatic heterocycles. The van der Waals surface area contributed by atoms with Gasteiger partial charge in [0.2, 0.25) is 9.70 Å². The molecule has 3 nitrogen and oxygen atoms in total. The Morgan fingerprint density at radius 3 is 2.56 bits per heavy atom. The lowest BCUT2D eigenvalue weighted by atomic mass is 10.2. The first-order valence-electron chi connectivity index (χ1n) is 4.83. The molecule has 1 amide bonds. The first-order chi connectivity index (χ1) is 7.38. The minimum Gasteiger partial charge on any atom is -0.388 e. The van der Waals surface area contributed by atoms with Crippen LogP contribution in [0.3, 0.4) is 0 Å². The second-order valence-electron chi connectivity index (χ2n) is 3.27. The van der Waals surface area contributed by atoms with Gasteiger partial charge in [-0.15, -0.1) is 12.3 Å². The van der Waals surface area contributed by atoms with Gasteiger partial charge in [0, 0.05) is 13.0 Å². The molecule has 0 saturated heterocycles. The van der Waals surface area contributed by atoms with Gasteiger partial charge in [0.1, 0.15) is 6.10 Å². The van der Waals surface area contributed by atoms with Gasteiger partial charge in [-0.3, -0.25) is 4.79 Å². The lowest BCUT2D eigenvalue weighted by Crippen LogP contribution is -2.34. The number of halogens is 3. The molecule has 0 fully saturated rings. The number of nitrogens with one attached hydrogen (secondary N) is 1. The molecule has 0 spiro atoms. The number of amides is 1. The molecule has 0 unspecified atom stereocenters. The summed E-state index contributed by atoms with van der Waals surface area (Å²) in [6, 6.07) is 0. The maximum atomic E-state index is 11.2. The van der Waals surface area contributed by atoms with Gasteiger partial charge in [-0.2, -0.15) is 0 Å². The van der Waals surface area contributed by atoms with Crippen LogP contribution in [0.5, 0.6) is 0 Å². The molecule has 0 rings (SSSR count). The third kappa shape index (κ3) is 8.06. The summed E-state index contributed by atoms with van der Waals surface area (Å²) in [5, 5.41) is 11.9. The van der Waals surface area contributed by atoms with Crippen molar-refractivity contribution in [3.05, 3.63) is 0 Å². The van der Waals surface area contributed by atoms with Crippen molar-refractivity contribution in [2.45, 2.75) is 35.6 Å². The molecule has 6 heteroatoms. The molecule has 0 aromatic carbocycles. The number of aliphatic hydroxyl groups excluding tert-OH is 1. The van der Waals surface area contributed by atoms with Crippen LogP contribution in [0, 0.1) is 12.3 Å².